The molecule has 4 heteroatoms. The SMILES string of the molecule is CC(C)C(C)(C)CNC(=O)c1cc2cccc(N)c2[nH]1. The molecule has 0 spiro atoms. The van der Waals surface area contributed by atoms with Crippen molar-refractivity contribution in [3.8, 4) is 0 Å². The number of aromatic nitrogens is 1. The molecule has 0 aliphatic rings. The van der Waals surface area contributed by atoms with E-state index in [2.05, 4.69) is 38.0 Å². The number of carbonyl (C=O) groups is 1. The van der Waals surface area contributed by atoms with Crippen LogP contribution in [0.3, 0.4) is 0 Å². The average molecular weight is 273 g/mol. The first-order chi connectivity index (χ1) is 9.31. The van der Waals surface area contributed by atoms with Crippen LogP contribution < -0.4 is 11.1 Å². The van der Waals surface area contributed by atoms with Crippen LogP contribution in [0.4, 0.5) is 5.69 Å². The Hall–Kier alpha value is -1.97. The molecule has 1 heterocycles. The maximum Gasteiger partial charge on any atom is 0.267 e. The standard InChI is InChI=1S/C16H23N3O/c1-10(2)16(3,4)9-18-15(20)13-8-11-6-5-7-12(17)14(11)19-13/h5-8,10,19H,9,17H2,1-4H3,(H,18,20). The van der Waals surface area contributed by atoms with Crippen molar-refractivity contribution in [3.05, 3.63) is 30.0 Å². The summed E-state index contributed by atoms with van der Waals surface area (Å²) in [4.78, 5) is 15.3. The van der Waals surface area contributed by atoms with Gasteiger partial charge in [-0.15, -0.1) is 0 Å². The Labute approximate surface area is 119 Å². The second-order valence-electron chi connectivity index (χ2n) is 6.32. The van der Waals surface area contributed by atoms with E-state index in [4.69, 9.17) is 5.73 Å². The van der Waals surface area contributed by atoms with Crippen molar-refractivity contribution in [1.82, 2.24) is 10.3 Å². The topological polar surface area (TPSA) is 70.9 Å². The maximum absolute atomic E-state index is 12.2. The normalized spacial score (nSPS) is 12.1. The summed E-state index contributed by atoms with van der Waals surface area (Å²) in [7, 11) is 0. The fourth-order valence-electron chi connectivity index (χ4n) is 1.91. The van der Waals surface area contributed by atoms with E-state index in [9.17, 15) is 4.79 Å². The van der Waals surface area contributed by atoms with Gasteiger partial charge in [0.15, 0.2) is 0 Å². The quantitative estimate of drug-likeness (QED) is 0.749. The summed E-state index contributed by atoms with van der Waals surface area (Å²) in [5.41, 5.74) is 7.99. The number of amides is 1. The average Bonchev–Trinajstić information content (AvgIpc) is 2.81. The number of nitrogens with one attached hydrogen (secondary N) is 2. The van der Waals surface area contributed by atoms with Crippen molar-refractivity contribution in [3.63, 3.8) is 0 Å². The van der Waals surface area contributed by atoms with Crippen LogP contribution in [0.25, 0.3) is 10.9 Å². The predicted molar refractivity (Wildman–Crippen MR) is 83.7 cm³/mol. The third-order valence-electron chi connectivity index (χ3n) is 4.20. The van der Waals surface area contributed by atoms with Crippen LogP contribution in [0.15, 0.2) is 24.3 Å². The first-order valence-corrected chi connectivity index (χ1v) is 6.96. The highest BCUT2D eigenvalue weighted by Crippen LogP contribution is 2.25. The van der Waals surface area contributed by atoms with E-state index < -0.39 is 0 Å². The van der Waals surface area contributed by atoms with E-state index in [0.717, 1.165) is 10.9 Å². The van der Waals surface area contributed by atoms with Crippen molar-refractivity contribution in [2.75, 3.05) is 12.3 Å². The van der Waals surface area contributed by atoms with Crippen molar-refractivity contribution in [1.29, 1.82) is 0 Å². The van der Waals surface area contributed by atoms with Crippen LogP contribution >= 0.6 is 0 Å². The number of para-hydroxylation sites is 1. The molecule has 2 rings (SSSR count). The number of fused-ring (bicyclic) bond motifs is 1. The molecule has 0 aliphatic carbocycles. The second kappa shape index (κ2) is 5.19. The molecule has 2 aromatic rings. The van der Waals surface area contributed by atoms with Crippen LogP contribution in [0.5, 0.6) is 0 Å². The highest BCUT2D eigenvalue weighted by atomic mass is 16.1. The van der Waals surface area contributed by atoms with Crippen LogP contribution in [0.1, 0.15) is 38.2 Å². The molecule has 0 saturated carbocycles. The summed E-state index contributed by atoms with van der Waals surface area (Å²) in [6.07, 6.45) is 0. The van der Waals surface area contributed by atoms with E-state index in [-0.39, 0.29) is 11.3 Å². The highest BCUT2D eigenvalue weighted by Gasteiger charge is 2.23. The summed E-state index contributed by atoms with van der Waals surface area (Å²) in [5.74, 6) is 0.412. The maximum atomic E-state index is 12.2. The van der Waals surface area contributed by atoms with Crippen LogP contribution in [-0.4, -0.2) is 17.4 Å². The monoisotopic (exact) mass is 273 g/mol. The molecular weight excluding hydrogens is 250 g/mol. The lowest BCUT2D eigenvalue weighted by molar-refractivity contribution is 0.0920. The molecule has 4 N–H and O–H groups in total. The zero-order valence-electron chi connectivity index (χ0n) is 12.6. The summed E-state index contributed by atoms with van der Waals surface area (Å²) in [6, 6.07) is 7.48. The molecule has 0 unspecified atom stereocenters. The van der Waals surface area contributed by atoms with E-state index in [0.29, 0.717) is 23.8 Å². The van der Waals surface area contributed by atoms with Crippen molar-refractivity contribution < 1.29 is 4.79 Å². The van der Waals surface area contributed by atoms with Crippen LogP contribution in [0, 0.1) is 11.3 Å². The Morgan fingerprint density at radius 2 is 2.10 bits per heavy atom. The van der Waals surface area contributed by atoms with E-state index in [1.807, 2.05) is 24.3 Å². The van der Waals surface area contributed by atoms with Gasteiger partial charge in [0.05, 0.1) is 11.2 Å². The zero-order chi connectivity index (χ0) is 14.9. The Balaban J connectivity index is 2.14. The van der Waals surface area contributed by atoms with Gasteiger partial charge in [0.25, 0.3) is 5.91 Å². The molecule has 0 atom stereocenters. The number of aromatic amines is 1. The summed E-state index contributed by atoms with van der Waals surface area (Å²) in [6.45, 7) is 9.28. The molecule has 108 valence electrons. The van der Waals surface area contributed by atoms with Gasteiger partial charge in [-0.3, -0.25) is 4.79 Å². The Morgan fingerprint density at radius 3 is 2.70 bits per heavy atom. The molecule has 0 fully saturated rings. The summed E-state index contributed by atoms with van der Waals surface area (Å²) in [5, 5.41) is 3.95. The third-order valence-corrected chi connectivity index (χ3v) is 4.20. The van der Waals surface area contributed by atoms with Crippen molar-refractivity contribution >= 4 is 22.5 Å². The van der Waals surface area contributed by atoms with Gasteiger partial charge in [0.2, 0.25) is 0 Å². The van der Waals surface area contributed by atoms with E-state index in [1.54, 1.807) is 0 Å². The molecule has 0 radical (unpaired) electrons. The second-order valence-corrected chi connectivity index (χ2v) is 6.32. The fourth-order valence-corrected chi connectivity index (χ4v) is 1.91. The largest absolute Gasteiger partial charge is 0.397 e. The van der Waals surface area contributed by atoms with Gasteiger partial charge in [-0.1, -0.05) is 39.8 Å². The number of hydrogen-bond donors (Lipinski definition) is 3. The Bertz CT molecular complexity index is 626. The Kier molecular flexibility index (Phi) is 3.75. The number of rotatable bonds is 4. The minimum absolute atomic E-state index is 0.0701. The van der Waals surface area contributed by atoms with Gasteiger partial charge in [0, 0.05) is 11.9 Å². The number of nitrogens with two attached hydrogens (primary N) is 1. The molecule has 0 saturated heterocycles. The van der Waals surface area contributed by atoms with Crippen LogP contribution in [0.2, 0.25) is 0 Å². The van der Waals surface area contributed by atoms with Gasteiger partial charge in [-0.25, -0.2) is 0 Å². The zero-order valence-corrected chi connectivity index (χ0v) is 12.6. The molecule has 1 aromatic heterocycles. The molecule has 1 aromatic carbocycles. The summed E-state index contributed by atoms with van der Waals surface area (Å²) < 4.78 is 0. The minimum atomic E-state index is -0.0886. The lowest BCUT2D eigenvalue weighted by atomic mass is 9.81. The van der Waals surface area contributed by atoms with Gasteiger partial charge >= 0.3 is 0 Å². The number of hydrogen-bond acceptors (Lipinski definition) is 2. The van der Waals surface area contributed by atoms with Gasteiger partial charge < -0.3 is 16.0 Å². The van der Waals surface area contributed by atoms with Crippen molar-refractivity contribution in [2.45, 2.75) is 27.7 Å². The molecule has 4 nitrogen and oxygen atoms in total. The highest BCUT2D eigenvalue weighted by molar-refractivity contribution is 6.00. The first kappa shape index (κ1) is 14.4. The van der Waals surface area contributed by atoms with Gasteiger partial charge in [-0.05, 0) is 23.5 Å². The number of nitrogen functional groups attached to an aromatic ring is 1. The lowest BCUT2D eigenvalue weighted by Crippen LogP contribution is -2.37. The predicted octanol–water partition coefficient (Wildman–Crippen LogP) is 3.16. The molecular formula is C16H23N3O. The van der Waals surface area contributed by atoms with Gasteiger partial charge in [-0.2, -0.15) is 0 Å². The van der Waals surface area contributed by atoms with Crippen LogP contribution in [-0.2, 0) is 0 Å². The molecule has 1 amide bonds. The summed E-state index contributed by atoms with van der Waals surface area (Å²) >= 11 is 0. The molecule has 20 heavy (non-hydrogen) atoms. The molecule has 0 aliphatic heterocycles. The van der Waals surface area contributed by atoms with E-state index in [1.165, 1.54) is 0 Å². The number of H-pyrrole nitrogens is 1. The first-order valence-electron chi connectivity index (χ1n) is 6.96. The minimum Gasteiger partial charge on any atom is -0.397 e. The fraction of sp³-hybridized carbons (Fsp3) is 0.438. The number of benzene rings is 1. The number of anilines is 1. The molecule has 0 bridgehead atoms. The Morgan fingerprint density at radius 1 is 1.40 bits per heavy atom. The smallest absolute Gasteiger partial charge is 0.267 e. The number of carbonyl (C=O) groups excluding carboxylic acids is 1. The van der Waals surface area contributed by atoms with Gasteiger partial charge in [0.1, 0.15) is 5.69 Å². The third kappa shape index (κ3) is 2.79. The van der Waals surface area contributed by atoms with E-state index >= 15 is 0 Å². The van der Waals surface area contributed by atoms with Crippen molar-refractivity contribution in [2.24, 2.45) is 11.3 Å². The lowest BCUT2D eigenvalue weighted by Gasteiger charge is -2.29.